The molecule has 2 rings (SSSR count). The number of hydrogen-bond acceptors (Lipinski definition) is 4. The van der Waals surface area contributed by atoms with Crippen molar-refractivity contribution in [2.24, 2.45) is 0 Å². The van der Waals surface area contributed by atoms with Crippen LogP contribution in [0.2, 0.25) is 0 Å². The van der Waals surface area contributed by atoms with Gasteiger partial charge < -0.3 is 10.1 Å². The van der Waals surface area contributed by atoms with Crippen LogP contribution in [0.5, 0.6) is 0 Å². The molecule has 1 fully saturated rings. The van der Waals surface area contributed by atoms with Crippen LogP contribution in [0.1, 0.15) is 24.3 Å². The van der Waals surface area contributed by atoms with Gasteiger partial charge in [0.25, 0.3) is 0 Å². The van der Waals surface area contributed by atoms with Gasteiger partial charge in [-0.1, -0.05) is 0 Å². The van der Waals surface area contributed by atoms with Crippen molar-refractivity contribution in [3.63, 3.8) is 0 Å². The monoisotopic (exact) mass is 225 g/mol. The lowest BCUT2D eigenvalue weighted by Gasteiger charge is -2.20. The molecule has 15 heavy (non-hydrogen) atoms. The van der Waals surface area contributed by atoms with E-state index in [4.69, 9.17) is 4.74 Å². The van der Waals surface area contributed by atoms with Crippen molar-refractivity contribution in [3.8, 4) is 0 Å². The van der Waals surface area contributed by atoms with Gasteiger partial charge >= 0.3 is 5.97 Å². The highest BCUT2D eigenvalue weighted by Gasteiger charge is 2.32. The predicted octanol–water partition coefficient (Wildman–Crippen LogP) is 1.76. The lowest BCUT2D eigenvalue weighted by Crippen LogP contribution is -2.34. The Bertz CT molecular complexity index is 317. The minimum absolute atomic E-state index is 0.132. The van der Waals surface area contributed by atoms with Crippen LogP contribution >= 0.6 is 11.3 Å². The predicted molar refractivity (Wildman–Crippen MR) is 60.1 cm³/mol. The first-order valence-corrected chi connectivity index (χ1v) is 6.10. The first-order valence-electron chi connectivity index (χ1n) is 5.16. The SMILES string of the molecule is COC(=O)[C@@H](c1ccsc1)[C@@H]1CCCN1. The molecule has 2 atom stereocenters. The van der Waals surface area contributed by atoms with E-state index < -0.39 is 0 Å². The Morgan fingerprint density at radius 1 is 1.73 bits per heavy atom. The topological polar surface area (TPSA) is 38.3 Å². The van der Waals surface area contributed by atoms with Gasteiger partial charge in [-0.2, -0.15) is 11.3 Å². The Labute approximate surface area is 93.4 Å². The van der Waals surface area contributed by atoms with Crippen LogP contribution < -0.4 is 5.32 Å². The molecule has 0 unspecified atom stereocenters. The number of methoxy groups -OCH3 is 1. The van der Waals surface area contributed by atoms with E-state index in [9.17, 15) is 4.79 Å². The largest absolute Gasteiger partial charge is 0.469 e. The summed E-state index contributed by atoms with van der Waals surface area (Å²) in [6.45, 7) is 1.00. The maximum absolute atomic E-state index is 11.7. The summed E-state index contributed by atoms with van der Waals surface area (Å²) in [5, 5.41) is 7.39. The van der Waals surface area contributed by atoms with Gasteiger partial charge in [0, 0.05) is 6.04 Å². The Morgan fingerprint density at radius 2 is 2.60 bits per heavy atom. The highest BCUT2D eigenvalue weighted by atomic mass is 32.1. The maximum Gasteiger partial charge on any atom is 0.314 e. The Balaban J connectivity index is 2.19. The third kappa shape index (κ3) is 2.21. The first kappa shape index (κ1) is 10.6. The van der Waals surface area contributed by atoms with Crippen LogP contribution in [0.4, 0.5) is 0 Å². The highest BCUT2D eigenvalue weighted by Crippen LogP contribution is 2.28. The molecule has 3 nitrogen and oxygen atoms in total. The van der Waals surface area contributed by atoms with E-state index in [-0.39, 0.29) is 17.9 Å². The van der Waals surface area contributed by atoms with Gasteiger partial charge in [-0.05, 0) is 41.8 Å². The van der Waals surface area contributed by atoms with Gasteiger partial charge in [-0.15, -0.1) is 0 Å². The molecule has 1 aromatic heterocycles. The molecule has 0 saturated carbocycles. The van der Waals surface area contributed by atoms with Crippen LogP contribution in [-0.4, -0.2) is 25.7 Å². The number of rotatable bonds is 3. The summed E-state index contributed by atoms with van der Waals surface area (Å²) in [6.07, 6.45) is 2.19. The molecule has 82 valence electrons. The van der Waals surface area contributed by atoms with Crippen molar-refractivity contribution in [1.82, 2.24) is 5.32 Å². The van der Waals surface area contributed by atoms with Gasteiger partial charge in [0.15, 0.2) is 0 Å². The second-order valence-electron chi connectivity index (χ2n) is 3.76. The van der Waals surface area contributed by atoms with Crippen LogP contribution in [0.25, 0.3) is 0 Å². The van der Waals surface area contributed by atoms with E-state index in [2.05, 4.69) is 5.32 Å². The number of thiophene rings is 1. The van der Waals surface area contributed by atoms with Gasteiger partial charge in [0.05, 0.1) is 13.0 Å². The number of nitrogens with one attached hydrogen (secondary N) is 1. The standard InChI is InChI=1S/C11H15NO2S/c1-14-11(13)10(8-4-6-15-7-8)9-3-2-5-12-9/h4,6-7,9-10,12H,2-3,5H2,1H3/t9-,10-/m0/s1. The Morgan fingerprint density at radius 3 is 3.13 bits per heavy atom. The molecular formula is C11H15NO2S. The summed E-state index contributed by atoms with van der Waals surface area (Å²) in [4.78, 5) is 11.7. The van der Waals surface area contributed by atoms with Crippen LogP contribution in [0, 0.1) is 0 Å². The average molecular weight is 225 g/mol. The Hall–Kier alpha value is -0.870. The van der Waals surface area contributed by atoms with E-state index in [1.54, 1.807) is 11.3 Å². The molecule has 0 bridgehead atoms. The van der Waals surface area contributed by atoms with E-state index in [0.29, 0.717) is 0 Å². The normalized spacial score (nSPS) is 22.6. The minimum atomic E-state index is -0.135. The molecule has 2 heterocycles. The zero-order valence-corrected chi connectivity index (χ0v) is 9.55. The average Bonchev–Trinajstić information content (AvgIpc) is 2.90. The summed E-state index contributed by atoms with van der Waals surface area (Å²) in [5.74, 6) is -0.267. The molecule has 1 aliphatic rings. The number of carbonyl (C=O) groups excluding carboxylic acids is 1. The van der Waals surface area contributed by atoms with E-state index in [1.807, 2.05) is 16.8 Å². The number of hydrogen-bond donors (Lipinski definition) is 1. The fourth-order valence-corrected chi connectivity index (χ4v) is 2.80. The second-order valence-corrected chi connectivity index (χ2v) is 4.54. The summed E-state index contributed by atoms with van der Waals surface area (Å²) in [6, 6.07) is 2.25. The van der Waals surface area contributed by atoms with Gasteiger partial charge in [-0.3, -0.25) is 4.79 Å². The van der Waals surface area contributed by atoms with E-state index in [1.165, 1.54) is 7.11 Å². The zero-order valence-electron chi connectivity index (χ0n) is 8.73. The van der Waals surface area contributed by atoms with Crippen molar-refractivity contribution < 1.29 is 9.53 Å². The van der Waals surface area contributed by atoms with E-state index in [0.717, 1.165) is 24.9 Å². The number of esters is 1. The summed E-state index contributed by atoms with van der Waals surface area (Å²) in [5.41, 5.74) is 1.08. The van der Waals surface area contributed by atoms with Gasteiger partial charge in [0.2, 0.25) is 0 Å². The van der Waals surface area contributed by atoms with Crippen molar-refractivity contribution in [1.29, 1.82) is 0 Å². The quantitative estimate of drug-likeness (QED) is 0.797. The van der Waals surface area contributed by atoms with Crippen LogP contribution in [-0.2, 0) is 9.53 Å². The number of ether oxygens (including phenoxy) is 1. The van der Waals surface area contributed by atoms with Crippen molar-refractivity contribution in [2.45, 2.75) is 24.8 Å². The lowest BCUT2D eigenvalue weighted by atomic mass is 9.92. The first-order chi connectivity index (χ1) is 7.33. The molecule has 0 aliphatic carbocycles. The molecule has 0 radical (unpaired) electrons. The summed E-state index contributed by atoms with van der Waals surface area (Å²) < 4.78 is 4.87. The Kier molecular flexibility index (Phi) is 3.38. The molecule has 1 saturated heterocycles. The molecule has 0 spiro atoms. The molecule has 1 aliphatic heterocycles. The van der Waals surface area contributed by atoms with Crippen molar-refractivity contribution >= 4 is 17.3 Å². The minimum Gasteiger partial charge on any atom is -0.469 e. The van der Waals surface area contributed by atoms with Crippen molar-refractivity contribution in [2.75, 3.05) is 13.7 Å². The molecule has 0 amide bonds. The summed E-state index contributed by atoms with van der Waals surface area (Å²) in [7, 11) is 1.46. The molecular weight excluding hydrogens is 210 g/mol. The van der Waals surface area contributed by atoms with Crippen LogP contribution in [0.15, 0.2) is 16.8 Å². The highest BCUT2D eigenvalue weighted by molar-refractivity contribution is 7.08. The third-order valence-corrected chi connectivity index (χ3v) is 3.56. The van der Waals surface area contributed by atoms with Crippen LogP contribution in [0.3, 0.4) is 0 Å². The fraction of sp³-hybridized carbons (Fsp3) is 0.545. The van der Waals surface area contributed by atoms with Gasteiger partial charge in [-0.25, -0.2) is 0 Å². The zero-order chi connectivity index (χ0) is 10.7. The third-order valence-electron chi connectivity index (χ3n) is 2.86. The van der Waals surface area contributed by atoms with Gasteiger partial charge in [0.1, 0.15) is 0 Å². The molecule has 4 heteroatoms. The molecule has 1 N–H and O–H groups in total. The smallest absolute Gasteiger partial charge is 0.314 e. The second kappa shape index (κ2) is 4.77. The summed E-state index contributed by atoms with van der Waals surface area (Å²) >= 11 is 1.62. The lowest BCUT2D eigenvalue weighted by molar-refractivity contribution is -0.143. The maximum atomic E-state index is 11.7. The van der Waals surface area contributed by atoms with Crippen molar-refractivity contribution in [3.05, 3.63) is 22.4 Å². The molecule has 0 aromatic carbocycles. The molecule has 1 aromatic rings. The van der Waals surface area contributed by atoms with E-state index >= 15 is 0 Å². The number of carbonyl (C=O) groups is 1. The fourth-order valence-electron chi connectivity index (χ4n) is 2.11.